The average Bonchev–Trinajstić information content (AvgIpc) is 3.48. The zero-order valence-corrected chi connectivity index (χ0v) is 18.0. The zero-order valence-electron chi connectivity index (χ0n) is 18.0. The molecule has 1 fully saturated rings. The van der Waals surface area contributed by atoms with Crippen LogP contribution in [0.3, 0.4) is 0 Å². The maximum atomic E-state index is 12.6. The van der Waals surface area contributed by atoms with Crippen LogP contribution in [0.2, 0.25) is 5.82 Å². The van der Waals surface area contributed by atoms with Gasteiger partial charge in [0.15, 0.2) is 5.94 Å². The number of nitrogens with two attached hydrogens (primary N) is 1. The van der Waals surface area contributed by atoms with Gasteiger partial charge in [0.05, 0.1) is 7.85 Å². The smallest absolute Gasteiger partial charge is 0.253 e. The first-order chi connectivity index (χ1) is 14.1. The zero-order chi connectivity index (χ0) is 22.2. The highest BCUT2D eigenvalue weighted by Crippen LogP contribution is 2.50. The maximum absolute atomic E-state index is 12.6. The van der Waals surface area contributed by atoms with Crippen molar-refractivity contribution in [1.82, 2.24) is 9.88 Å². The predicted molar refractivity (Wildman–Crippen MR) is 124 cm³/mol. The Morgan fingerprint density at radius 1 is 1.23 bits per heavy atom. The number of anilines is 1. The largest absolute Gasteiger partial charge is 0.398 e. The fraction of sp³-hybridized carbons (Fsp3) is 0.435. The van der Waals surface area contributed by atoms with Gasteiger partial charge in [-0.3, -0.25) is 4.79 Å². The van der Waals surface area contributed by atoms with Crippen LogP contribution >= 0.6 is 0 Å². The van der Waals surface area contributed by atoms with E-state index in [9.17, 15) is 9.59 Å². The molecule has 1 saturated carbocycles. The SMILES string of the molecule is [B]c1c(C(C)C)cccc1[C@@H](C)NC(=C=O)c1cn(C2(C([B])C)CC2)c(=O)cc1N. The van der Waals surface area contributed by atoms with Gasteiger partial charge in [0.25, 0.3) is 5.56 Å². The molecular formula is C23H27B2N3O2. The van der Waals surface area contributed by atoms with Crippen molar-refractivity contribution in [2.24, 2.45) is 0 Å². The number of carbonyl (C=O) groups excluding carboxylic acids is 1. The van der Waals surface area contributed by atoms with Gasteiger partial charge in [-0.15, -0.1) is 0 Å². The first kappa shape index (κ1) is 22.0. The minimum absolute atomic E-state index is 0.184. The molecule has 0 bridgehead atoms. The van der Waals surface area contributed by atoms with Crippen LogP contribution in [0.5, 0.6) is 0 Å². The Morgan fingerprint density at radius 3 is 2.40 bits per heavy atom. The molecule has 1 aliphatic carbocycles. The topological polar surface area (TPSA) is 77.1 Å². The van der Waals surface area contributed by atoms with Gasteiger partial charge >= 0.3 is 0 Å². The molecule has 4 radical (unpaired) electrons. The molecule has 1 aromatic carbocycles. The van der Waals surface area contributed by atoms with E-state index in [-0.39, 0.29) is 34.7 Å². The van der Waals surface area contributed by atoms with Gasteiger partial charge in [-0.1, -0.05) is 55.8 Å². The lowest BCUT2D eigenvalue weighted by molar-refractivity contribution is 0.450. The summed E-state index contributed by atoms with van der Waals surface area (Å²) >= 11 is 0. The number of rotatable bonds is 7. The van der Waals surface area contributed by atoms with Crippen LogP contribution in [0.25, 0.3) is 5.70 Å². The van der Waals surface area contributed by atoms with Crippen LogP contribution in [0, 0.1) is 0 Å². The first-order valence-corrected chi connectivity index (χ1v) is 10.3. The normalized spacial score (nSPS) is 16.6. The number of nitrogens with zero attached hydrogens (tertiary/aromatic N) is 1. The van der Waals surface area contributed by atoms with Crippen molar-refractivity contribution in [3.8, 4) is 0 Å². The number of pyridine rings is 1. The fourth-order valence-corrected chi connectivity index (χ4v) is 4.09. The van der Waals surface area contributed by atoms with Crippen LogP contribution in [-0.4, -0.2) is 26.2 Å². The van der Waals surface area contributed by atoms with E-state index in [1.807, 2.05) is 38.0 Å². The van der Waals surface area contributed by atoms with Crippen molar-refractivity contribution < 1.29 is 4.79 Å². The van der Waals surface area contributed by atoms with Gasteiger partial charge in [-0.2, -0.15) is 0 Å². The van der Waals surface area contributed by atoms with Gasteiger partial charge < -0.3 is 15.6 Å². The minimum Gasteiger partial charge on any atom is -0.398 e. The molecule has 0 amide bonds. The Balaban J connectivity index is 1.97. The molecule has 0 spiro atoms. The third-order valence-corrected chi connectivity index (χ3v) is 6.17. The second-order valence-corrected chi connectivity index (χ2v) is 8.59. The van der Waals surface area contributed by atoms with Crippen LogP contribution in [-0.2, 0) is 10.3 Å². The predicted octanol–water partition coefficient (Wildman–Crippen LogP) is 2.34. The van der Waals surface area contributed by atoms with Crippen LogP contribution in [0.1, 0.15) is 69.2 Å². The Morgan fingerprint density at radius 2 is 1.87 bits per heavy atom. The van der Waals surface area contributed by atoms with Gasteiger partial charge in [0.1, 0.15) is 13.5 Å². The second kappa shape index (κ2) is 8.23. The van der Waals surface area contributed by atoms with Crippen molar-refractivity contribution in [1.29, 1.82) is 0 Å². The molecule has 1 aliphatic rings. The number of hydrogen-bond acceptors (Lipinski definition) is 4. The molecule has 2 aromatic rings. The van der Waals surface area contributed by atoms with Crippen LogP contribution in [0.4, 0.5) is 5.69 Å². The second-order valence-electron chi connectivity index (χ2n) is 8.59. The summed E-state index contributed by atoms with van der Waals surface area (Å²) in [6, 6.07) is 6.97. The molecule has 1 unspecified atom stereocenters. The molecule has 1 heterocycles. The Hall–Kier alpha value is -2.65. The van der Waals surface area contributed by atoms with E-state index < -0.39 is 5.54 Å². The van der Waals surface area contributed by atoms with E-state index in [4.69, 9.17) is 21.4 Å². The molecular weight excluding hydrogens is 372 g/mol. The lowest BCUT2D eigenvalue weighted by Gasteiger charge is -2.26. The van der Waals surface area contributed by atoms with Crippen molar-refractivity contribution in [3.63, 3.8) is 0 Å². The van der Waals surface area contributed by atoms with E-state index in [0.29, 0.717) is 11.0 Å². The summed E-state index contributed by atoms with van der Waals surface area (Å²) in [6.45, 7) is 7.97. The third-order valence-electron chi connectivity index (χ3n) is 6.17. The van der Waals surface area contributed by atoms with E-state index in [2.05, 4.69) is 19.2 Å². The molecule has 152 valence electrons. The minimum atomic E-state index is -0.421. The van der Waals surface area contributed by atoms with Crippen molar-refractivity contribution in [3.05, 3.63) is 57.5 Å². The van der Waals surface area contributed by atoms with Crippen molar-refractivity contribution in [2.75, 3.05) is 5.73 Å². The molecule has 0 saturated heterocycles. The standard InChI is InChI=1S/C23H27B2N3O2/c1-13(2)16-6-5-7-17(22(16)25)14(3)27-20(12-29)18-11-28(21(30)10-19(18)26)23(8-9-23)15(4)24/h5-7,10-11,13-15,27H,8-9,26H2,1-4H3/t14-,15?/m1/s1. The first-order valence-electron chi connectivity index (χ1n) is 10.3. The molecule has 7 heteroatoms. The lowest BCUT2D eigenvalue weighted by atomic mass is 9.80. The van der Waals surface area contributed by atoms with Crippen LogP contribution in [0.15, 0.2) is 35.3 Å². The van der Waals surface area contributed by atoms with Crippen molar-refractivity contribution >= 4 is 38.5 Å². The molecule has 30 heavy (non-hydrogen) atoms. The quantitative estimate of drug-likeness (QED) is 0.554. The summed E-state index contributed by atoms with van der Waals surface area (Å²) in [4.78, 5) is 24.4. The third kappa shape index (κ3) is 3.87. The van der Waals surface area contributed by atoms with Gasteiger partial charge in [-0.25, -0.2) is 4.79 Å². The molecule has 2 atom stereocenters. The molecule has 3 N–H and O–H groups in total. The van der Waals surface area contributed by atoms with E-state index in [1.165, 1.54) is 6.07 Å². The number of nitrogens with one attached hydrogen (secondary N) is 1. The van der Waals surface area contributed by atoms with Gasteiger partial charge in [0, 0.05) is 35.1 Å². The number of hydrogen-bond donors (Lipinski definition) is 2. The van der Waals surface area contributed by atoms with E-state index in [0.717, 1.165) is 24.0 Å². The molecule has 5 nitrogen and oxygen atoms in total. The monoisotopic (exact) mass is 399 g/mol. The Bertz CT molecular complexity index is 1060. The molecule has 0 aliphatic heterocycles. The molecule has 3 rings (SSSR count). The highest BCUT2D eigenvalue weighted by Gasteiger charge is 2.47. The number of nitrogen functional groups attached to an aromatic ring is 1. The van der Waals surface area contributed by atoms with E-state index in [1.54, 1.807) is 10.8 Å². The van der Waals surface area contributed by atoms with Crippen molar-refractivity contribution in [2.45, 2.75) is 63.9 Å². The summed E-state index contributed by atoms with van der Waals surface area (Å²) < 4.78 is 1.61. The van der Waals surface area contributed by atoms with Gasteiger partial charge in [0.2, 0.25) is 0 Å². The highest BCUT2D eigenvalue weighted by molar-refractivity contribution is 6.34. The Kier molecular flexibility index (Phi) is 6.05. The highest BCUT2D eigenvalue weighted by atomic mass is 16.1. The lowest BCUT2D eigenvalue weighted by Crippen LogP contribution is -2.34. The van der Waals surface area contributed by atoms with E-state index >= 15 is 0 Å². The fourth-order valence-electron chi connectivity index (χ4n) is 4.09. The molecule has 1 aromatic heterocycles. The summed E-state index contributed by atoms with van der Waals surface area (Å²) in [7, 11) is 12.5. The van der Waals surface area contributed by atoms with Gasteiger partial charge in [-0.05, 0) is 31.2 Å². The summed E-state index contributed by atoms with van der Waals surface area (Å²) in [5, 5.41) is 3.18. The average molecular weight is 399 g/mol. The van der Waals surface area contributed by atoms with Crippen LogP contribution < -0.4 is 22.1 Å². The number of benzene rings is 1. The Labute approximate surface area is 180 Å². The number of aromatic nitrogens is 1. The maximum Gasteiger partial charge on any atom is 0.253 e. The summed E-state index contributed by atoms with van der Waals surface area (Å²) in [6.07, 6.45) is 3.26. The summed E-state index contributed by atoms with van der Waals surface area (Å²) in [5.74, 6) is 2.04. The summed E-state index contributed by atoms with van der Waals surface area (Å²) in [5.41, 5.74) is 8.93.